The summed E-state index contributed by atoms with van der Waals surface area (Å²) in [6, 6.07) is 5.76. The third kappa shape index (κ3) is 7.14. The summed E-state index contributed by atoms with van der Waals surface area (Å²) < 4.78 is 10.9. The maximum absolute atomic E-state index is 6.07. The van der Waals surface area contributed by atoms with Gasteiger partial charge in [0.05, 0.1) is 6.61 Å². The van der Waals surface area contributed by atoms with Crippen LogP contribution in [0.3, 0.4) is 0 Å². The highest BCUT2D eigenvalue weighted by molar-refractivity contribution is 6.30. The van der Waals surface area contributed by atoms with E-state index in [0.717, 1.165) is 49.1 Å². The topological polar surface area (TPSA) is 33.7 Å². The standard InChI is InChI=1S/C16H27ClN2O2/c1-4-19(5-2)9-11-21-16-7-6-15(17)12-14(16)13-18-8-10-20-3/h6-7,12,18H,4-5,8-11,13H2,1-3H3. The summed E-state index contributed by atoms with van der Waals surface area (Å²) in [5, 5.41) is 4.05. The number of ether oxygens (including phenoxy) is 2. The van der Waals surface area contributed by atoms with Crippen molar-refractivity contribution in [2.45, 2.75) is 20.4 Å². The number of rotatable bonds is 11. The Kier molecular flexibility index (Phi) is 9.42. The Hall–Kier alpha value is -0.810. The molecule has 1 aromatic carbocycles. The highest BCUT2D eigenvalue weighted by Gasteiger charge is 2.06. The van der Waals surface area contributed by atoms with Crippen LogP contribution >= 0.6 is 11.6 Å². The molecule has 4 nitrogen and oxygen atoms in total. The van der Waals surface area contributed by atoms with Crippen molar-refractivity contribution in [2.24, 2.45) is 0 Å². The van der Waals surface area contributed by atoms with E-state index in [1.54, 1.807) is 7.11 Å². The number of hydrogen-bond acceptors (Lipinski definition) is 4. The Labute approximate surface area is 133 Å². The molecule has 1 aromatic rings. The molecule has 21 heavy (non-hydrogen) atoms. The van der Waals surface area contributed by atoms with Crippen LogP contribution in [0.1, 0.15) is 19.4 Å². The van der Waals surface area contributed by atoms with Crippen molar-refractivity contribution in [3.63, 3.8) is 0 Å². The van der Waals surface area contributed by atoms with E-state index < -0.39 is 0 Å². The number of hydrogen-bond donors (Lipinski definition) is 1. The molecule has 0 saturated carbocycles. The molecule has 5 heteroatoms. The number of benzene rings is 1. The first kappa shape index (κ1) is 18.2. The van der Waals surface area contributed by atoms with Gasteiger partial charge in [-0.25, -0.2) is 0 Å². The molecule has 0 aliphatic heterocycles. The van der Waals surface area contributed by atoms with Crippen LogP contribution in [-0.4, -0.2) is 51.4 Å². The number of nitrogens with one attached hydrogen (secondary N) is 1. The highest BCUT2D eigenvalue weighted by atomic mass is 35.5. The van der Waals surface area contributed by atoms with Gasteiger partial charge in [-0.05, 0) is 31.3 Å². The van der Waals surface area contributed by atoms with Gasteiger partial charge in [-0.15, -0.1) is 0 Å². The Morgan fingerprint density at radius 2 is 1.95 bits per heavy atom. The van der Waals surface area contributed by atoms with Gasteiger partial charge in [0.25, 0.3) is 0 Å². The first-order valence-electron chi connectivity index (χ1n) is 7.54. The molecule has 0 bridgehead atoms. The highest BCUT2D eigenvalue weighted by Crippen LogP contribution is 2.22. The van der Waals surface area contributed by atoms with Crippen LogP contribution in [0.15, 0.2) is 18.2 Å². The van der Waals surface area contributed by atoms with E-state index in [-0.39, 0.29) is 0 Å². The summed E-state index contributed by atoms with van der Waals surface area (Å²) in [5.74, 6) is 0.900. The minimum Gasteiger partial charge on any atom is -0.492 e. The van der Waals surface area contributed by atoms with Gasteiger partial charge in [-0.3, -0.25) is 0 Å². The van der Waals surface area contributed by atoms with Crippen LogP contribution in [0.2, 0.25) is 5.02 Å². The Morgan fingerprint density at radius 1 is 1.19 bits per heavy atom. The average Bonchev–Trinajstić information content (AvgIpc) is 2.50. The van der Waals surface area contributed by atoms with Gasteiger partial charge in [0.2, 0.25) is 0 Å². The predicted octanol–water partition coefficient (Wildman–Crippen LogP) is 2.80. The largest absolute Gasteiger partial charge is 0.492 e. The van der Waals surface area contributed by atoms with Crippen molar-refractivity contribution in [1.29, 1.82) is 0 Å². The van der Waals surface area contributed by atoms with Crippen molar-refractivity contribution in [3.05, 3.63) is 28.8 Å². The maximum atomic E-state index is 6.07. The molecule has 120 valence electrons. The zero-order chi connectivity index (χ0) is 15.5. The van der Waals surface area contributed by atoms with Gasteiger partial charge in [0, 0.05) is 37.3 Å². The monoisotopic (exact) mass is 314 g/mol. The maximum Gasteiger partial charge on any atom is 0.123 e. The molecule has 0 aromatic heterocycles. The molecular weight excluding hydrogens is 288 g/mol. The van der Waals surface area contributed by atoms with Gasteiger partial charge >= 0.3 is 0 Å². The summed E-state index contributed by atoms with van der Waals surface area (Å²) in [7, 11) is 1.70. The molecular formula is C16H27ClN2O2. The third-order valence-corrected chi connectivity index (χ3v) is 3.62. The lowest BCUT2D eigenvalue weighted by molar-refractivity contribution is 0.198. The van der Waals surface area contributed by atoms with Gasteiger partial charge < -0.3 is 19.7 Å². The smallest absolute Gasteiger partial charge is 0.123 e. The predicted molar refractivity (Wildman–Crippen MR) is 88.3 cm³/mol. The van der Waals surface area contributed by atoms with Crippen LogP contribution in [0.4, 0.5) is 0 Å². The van der Waals surface area contributed by atoms with E-state index in [0.29, 0.717) is 13.2 Å². The molecule has 1 N–H and O–H groups in total. The molecule has 0 fully saturated rings. The number of likely N-dealkylation sites (N-methyl/N-ethyl adjacent to an activating group) is 1. The molecule has 0 radical (unpaired) electrons. The van der Waals surface area contributed by atoms with Crippen molar-refractivity contribution < 1.29 is 9.47 Å². The van der Waals surface area contributed by atoms with Gasteiger partial charge in [0.15, 0.2) is 0 Å². The number of nitrogens with zero attached hydrogens (tertiary/aromatic N) is 1. The van der Waals surface area contributed by atoms with E-state index in [9.17, 15) is 0 Å². The Bertz CT molecular complexity index is 398. The average molecular weight is 315 g/mol. The van der Waals surface area contributed by atoms with Gasteiger partial charge in [-0.1, -0.05) is 25.4 Å². The summed E-state index contributed by atoms with van der Waals surface area (Å²) in [4.78, 5) is 2.34. The zero-order valence-electron chi connectivity index (χ0n) is 13.3. The molecule has 0 heterocycles. The van der Waals surface area contributed by atoms with Crippen molar-refractivity contribution in [1.82, 2.24) is 10.2 Å². The summed E-state index contributed by atoms with van der Waals surface area (Å²) in [6.45, 7) is 10.3. The summed E-state index contributed by atoms with van der Waals surface area (Å²) >= 11 is 6.07. The second-order valence-electron chi connectivity index (χ2n) is 4.80. The van der Waals surface area contributed by atoms with E-state index in [1.165, 1.54) is 0 Å². The fourth-order valence-corrected chi connectivity index (χ4v) is 2.24. The second kappa shape index (κ2) is 10.9. The summed E-state index contributed by atoms with van der Waals surface area (Å²) in [6.07, 6.45) is 0. The number of halogens is 1. The molecule has 0 saturated heterocycles. The molecule has 0 aliphatic carbocycles. The minimum absolute atomic E-state index is 0.689. The van der Waals surface area contributed by atoms with Crippen molar-refractivity contribution in [2.75, 3.05) is 46.5 Å². The van der Waals surface area contributed by atoms with Crippen LogP contribution < -0.4 is 10.1 Å². The molecule has 0 spiro atoms. The quantitative estimate of drug-likeness (QED) is 0.637. The number of methoxy groups -OCH3 is 1. The third-order valence-electron chi connectivity index (χ3n) is 3.38. The van der Waals surface area contributed by atoms with Crippen molar-refractivity contribution in [3.8, 4) is 5.75 Å². The summed E-state index contributed by atoms with van der Waals surface area (Å²) in [5.41, 5.74) is 1.08. The van der Waals surface area contributed by atoms with E-state index in [1.807, 2.05) is 18.2 Å². The van der Waals surface area contributed by atoms with Crippen molar-refractivity contribution >= 4 is 11.6 Å². The van der Waals surface area contributed by atoms with Crippen LogP contribution in [0, 0.1) is 0 Å². The lowest BCUT2D eigenvalue weighted by atomic mass is 10.2. The normalized spacial score (nSPS) is 11.1. The van der Waals surface area contributed by atoms with Crippen LogP contribution in [-0.2, 0) is 11.3 Å². The molecule has 0 unspecified atom stereocenters. The van der Waals surface area contributed by atoms with Crippen LogP contribution in [0.5, 0.6) is 5.75 Å². The Morgan fingerprint density at radius 3 is 2.62 bits per heavy atom. The zero-order valence-corrected chi connectivity index (χ0v) is 14.1. The van der Waals surface area contributed by atoms with Gasteiger partial charge in [-0.2, -0.15) is 0 Å². The lowest BCUT2D eigenvalue weighted by Crippen LogP contribution is -2.28. The SMILES string of the molecule is CCN(CC)CCOc1ccc(Cl)cc1CNCCOC. The first-order chi connectivity index (χ1) is 10.2. The molecule has 1 rings (SSSR count). The Balaban J connectivity index is 2.51. The lowest BCUT2D eigenvalue weighted by Gasteiger charge is -2.19. The second-order valence-corrected chi connectivity index (χ2v) is 5.23. The van der Waals surface area contributed by atoms with E-state index in [2.05, 4.69) is 24.1 Å². The molecule has 0 atom stereocenters. The first-order valence-corrected chi connectivity index (χ1v) is 7.92. The fraction of sp³-hybridized carbons (Fsp3) is 0.625. The van der Waals surface area contributed by atoms with Crippen LogP contribution in [0.25, 0.3) is 0 Å². The van der Waals surface area contributed by atoms with E-state index >= 15 is 0 Å². The minimum atomic E-state index is 0.689. The van der Waals surface area contributed by atoms with E-state index in [4.69, 9.17) is 21.1 Å². The van der Waals surface area contributed by atoms with Gasteiger partial charge in [0.1, 0.15) is 12.4 Å². The fourth-order valence-electron chi connectivity index (χ4n) is 2.05. The molecule has 0 amide bonds. The molecule has 0 aliphatic rings.